The molecule has 0 spiro atoms. The van der Waals surface area contributed by atoms with Crippen LogP contribution >= 0.6 is 24.4 Å². The van der Waals surface area contributed by atoms with E-state index in [0.717, 1.165) is 11.1 Å². The zero-order valence-electron chi connectivity index (χ0n) is 36.2. The summed E-state index contributed by atoms with van der Waals surface area (Å²) in [6.07, 6.45) is -2.01. The number of aldehydes is 1. The zero-order valence-corrected chi connectivity index (χ0v) is 37.8. The second-order valence-corrected chi connectivity index (χ2v) is 14.6. The van der Waals surface area contributed by atoms with Crippen LogP contribution in [0.25, 0.3) is 0 Å². The van der Waals surface area contributed by atoms with Crippen molar-refractivity contribution in [1.29, 1.82) is 0 Å². The molecule has 6 aromatic rings. The normalized spacial score (nSPS) is 12.2. The lowest BCUT2D eigenvalue weighted by atomic mass is 10.1. The molecule has 0 saturated heterocycles. The molecule has 0 heterocycles. The number of aliphatic hydroxyl groups is 4. The molecule has 66 heavy (non-hydrogen) atoms. The van der Waals surface area contributed by atoms with Crippen LogP contribution in [0.15, 0.2) is 151 Å². The van der Waals surface area contributed by atoms with Crippen molar-refractivity contribution in [2.45, 2.75) is 44.2 Å². The molecule has 0 aromatic heterocycles. The van der Waals surface area contributed by atoms with E-state index < -0.39 is 18.3 Å². The van der Waals surface area contributed by atoms with Crippen LogP contribution in [0.3, 0.4) is 0 Å². The minimum atomic E-state index is -0.990. The van der Waals surface area contributed by atoms with E-state index in [2.05, 4.69) is 33.0 Å². The molecule has 6 rings (SSSR count). The van der Waals surface area contributed by atoms with Crippen molar-refractivity contribution in [1.82, 2.24) is 10.6 Å². The molecule has 0 aliphatic rings. The first-order valence-corrected chi connectivity index (χ1v) is 21.0. The maximum atomic E-state index is 10.1. The molecule has 14 N–H and O–H groups in total. The molecule has 0 bridgehead atoms. The summed E-state index contributed by atoms with van der Waals surface area (Å²) in [5, 5.41) is 101. The first kappa shape index (κ1) is 55.2. The summed E-state index contributed by atoms with van der Waals surface area (Å²) in [4.78, 5) is 14.0. The van der Waals surface area contributed by atoms with Crippen molar-refractivity contribution < 1.29 is 55.9 Å². The van der Waals surface area contributed by atoms with Gasteiger partial charge in [0.05, 0.1) is 41.6 Å². The number of aliphatic imine (C=N–C) groups is 1. The van der Waals surface area contributed by atoms with Gasteiger partial charge in [0.2, 0.25) is 0 Å². The fraction of sp³-hybridized carbons (Fsp3) is 0.204. The fourth-order valence-corrected chi connectivity index (χ4v) is 5.90. The quantitative estimate of drug-likeness (QED) is 0.0337. The highest BCUT2D eigenvalue weighted by atomic mass is 32.1. The Morgan fingerprint density at radius 3 is 1.50 bits per heavy atom. The minimum Gasteiger partial charge on any atom is -0.508 e. The van der Waals surface area contributed by atoms with Gasteiger partial charge in [-0.2, -0.15) is 0 Å². The molecule has 17 heteroatoms. The van der Waals surface area contributed by atoms with Gasteiger partial charge in [0.15, 0.2) is 11.4 Å². The number of nitrogens with one attached hydrogen (secondary N) is 2. The van der Waals surface area contributed by atoms with Gasteiger partial charge in [-0.25, -0.2) is 4.99 Å². The SMILES string of the molecule is C[C@@H](N=C=S)c1cccc(O)c1.C[C@@H](NC(=S)NCC(O)c1ccccc1O)c1cccc(O)c1.NCC(O)c1ccccc1O.O=Cc1ccccc1O.OCC(O)c1ccccc1O. The molecule has 15 nitrogen and oxygen atoms in total. The highest BCUT2D eigenvalue weighted by Gasteiger charge is 2.14. The number of isothiocyanates is 1. The van der Waals surface area contributed by atoms with Gasteiger partial charge in [0.1, 0.15) is 40.6 Å². The lowest BCUT2D eigenvalue weighted by Gasteiger charge is -2.19. The van der Waals surface area contributed by atoms with Crippen LogP contribution in [0.4, 0.5) is 0 Å². The summed E-state index contributed by atoms with van der Waals surface area (Å²) in [6, 6.07) is 39.8. The van der Waals surface area contributed by atoms with Crippen molar-refractivity contribution >= 4 is 41.0 Å². The van der Waals surface area contributed by atoms with E-state index in [1.165, 1.54) is 24.3 Å². The van der Waals surface area contributed by atoms with Crippen molar-refractivity contribution in [3.05, 3.63) is 179 Å². The predicted molar refractivity (Wildman–Crippen MR) is 261 cm³/mol. The molecule has 0 saturated carbocycles. The van der Waals surface area contributed by atoms with Gasteiger partial charge >= 0.3 is 0 Å². The number of hydrogen-bond acceptors (Lipinski definition) is 15. The van der Waals surface area contributed by atoms with Crippen LogP contribution in [0.5, 0.6) is 34.5 Å². The molecule has 3 unspecified atom stereocenters. The third-order valence-corrected chi connectivity index (χ3v) is 9.49. The van der Waals surface area contributed by atoms with Crippen molar-refractivity contribution in [3.63, 3.8) is 0 Å². The van der Waals surface area contributed by atoms with Gasteiger partial charge in [0, 0.05) is 29.8 Å². The first-order valence-electron chi connectivity index (χ1n) is 20.2. The molecule has 0 radical (unpaired) electrons. The van der Waals surface area contributed by atoms with Crippen LogP contribution in [-0.2, 0) is 0 Å². The highest BCUT2D eigenvalue weighted by molar-refractivity contribution is 7.80. The van der Waals surface area contributed by atoms with Crippen molar-refractivity contribution in [2.75, 3.05) is 19.7 Å². The second-order valence-electron chi connectivity index (χ2n) is 14.0. The fourth-order valence-electron chi connectivity index (χ4n) is 5.48. The van der Waals surface area contributed by atoms with Crippen LogP contribution < -0.4 is 16.4 Å². The van der Waals surface area contributed by atoms with E-state index in [1.54, 1.807) is 109 Å². The number of aromatic hydroxyl groups is 6. The topological polar surface area (TPSA) is 282 Å². The van der Waals surface area contributed by atoms with E-state index in [0.29, 0.717) is 33.7 Å². The Morgan fingerprint density at radius 2 is 1.08 bits per heavy atom. The van der Waals surface area contributed by atoms with E-state index in [1.807, 2.05) is 26.0 Å². The van der Waals surface area contributed by atoms with Gasteiger partial charge in [-0.05, 0) is 104 Å². The van der Waals surface area contributed by atoms with Crippen molar-refractivity contribution in [2.24, 2.45) is 10.7 Å². The van der Waals surface area contributed by atoms with E-state index >= 15 is 0 Å². The van der Waals surface area contributed by atoms with Gasteiger partial charge < -0.3 is 67.4 Å². The molecule has 0 aliphatic carbocycles. The van der Waals surface area contributed by atoms with Gasteiger partial charge in [-0.15, -0.1) is 0 Å². The van der Waals surface area contributed by atoms with Crippen LogP contribution in [0.2, 0.25) is 0 Å². The summed E-state index contributed by atoms with van der Waals surface area (Å²) in [5.74, 6) is 0.629. The Morgan fingerprint density at radius 1 is 0.636 bits per heavy atom. The average Bonchev–Trinajstić information content (AvgIpc) is 3.32. The van der Waals surface area contributed by atoms with Gasteiger partial charge in [-0.3, -0.25) is 4.79 Å². The number of phenolic OH excluding ortho intramolecular Hbond substituents is 6. The zero-order chi connectivity index (χ0) is 49.0. The Hall–Kier alpha value is -6.92. The molecular weight excluding hydrogens is 885 g/mol. The molecule has 350 valence electrons. The largest absolute Gasteiger partial charge is 0.508 e. The number of phenols is 6. The predicted octanol–water partition coefficient (Wildman–Crippen LogP) is 6.92. The molecule has 5 atom stereocenters. The third kappa shape index (κ3) is 19.9. The van der Waals surface area contributed by atoms with E-state index in [4.69, 9.17) is 43.5 Å². The van der Waals surface area contributed by atoms with Crippen molar-refractivity contribution in [3.8, 4) is 34.5 Å². The van der Waals surface area contributed by atoms with E-state index in [9.17, 15) is 30.3 Å². The molecule has 0 aliphatic heterocycles. The number of carbonyl (C=O) groups excluding carboxylic acids is 1. The number of carbonyl (C=O) groups is 1. The number of nitrogens with two attached hydrogens (primary N) is 1. The monoisotopic (exact) mass is 940 g/mol. The number of rotatable bonds is 12. The molecule has 0 fully saturated rings. The summed E-state index contributed by atoms with van der Waals surface area (Å²) in [7, 11) is 0. The van der Waals surface area contributed by atoms with Crippen LogP contribution in [0.1, 0.15) is 82.4 Å². The highest BCUT2D eigenvalue weighted by Crippen LogP contribution is 2.25. The second kappa shape index (κ2) is 30.3. The van der Waals surface area contributed by atoms with E-state index in [-0.39, 0.29) is 66.3 Å². The lowest BCUT2D eigenvalue weighted by Crippen LogP contribution is -2.38. The lowest BCUT2D eigenvalue weighted by molar-refractivity contribution is 0.0935. The Bertz CT molecular complexity index is 2390. The number of aliphatic hydroxyl groups excluding tert-OH is 4. The summed E-state index contributed by atoms with van der Waals surface area (Å²) in [5.41, 5.74) is 8.66. The molecular formula is C49H56N4O11S2. The maximum absolute atomic E-state index is 10.1. The number of thiocarbonyl (C=S) groups is 2. The summed E-state index contributed by atoms with van der Waals surface area (Å²) >= 11 is 9.69. The average molecular weight is 941 g/mol. The molecule has 6 aromatic carbocycles. The summed E-state index contributed by atoms with van der Waals surface area (Å²) in [6.45, 7) is 3.74. The number of benzene rings is 6. The standard InChI is InChI=1S/C17H20N2O3S.C9H9NOS.C8H11NO2.C8H10O3.C7H6O2/c1-11(12-5-4-6-13(20)9-12)19-17(23)18-10-16(22)14-7-2-3-8-15(14)21;1-7(10-6-12)8-3-2-4-9(11)5-8;2*9-5-8(11)6-3-1-2-4-7(6)10;8-5-6-3-1-2-4-7(6)9/h2-9,11,16,20-22H,10H2,1H3,(H2,18,19,23);2-5,7,11H,1H3;1-4,8,10-11H,5,9H2;1-4,8-11H,5H2;1-5,9H/t11-,16?;7-;;;/m11.../s1. The Kier molecular flexibility index (Phi) is 25.3. The third-order valence-electron chi connectivity index (χ3n) is 9.12. The van der Waals surface area contributed by atoms with Gasteiger partial charge in [0.25, 0.3) is 0 Å². The summed E-state index contributed by atoms with van der Waals surface area (Å²) < 4.78 is 0. The maximum Gasteiger partial charge on any atom is 0.166 e. The smallest absolute Gasteiger partial charge is 0.166 e. The molecule has 0 amide bonds. The van der Waals surface area contributed by atoms with Crippen LogP contribution in [0, 0.1) is 0 Å². The number of para-hydroxylation sites is 4. The number of nitrogens with zero attached hydrogens (tertiary/aromatic N) is 1. The number of hydrogen-bond donors (Lipinski definition) is 13. The van der Waals surface area contributed by atoms with Crippen LogP contribution in [-0.4, -0.2) is 87.3 Å². The Labute approximate surface area is 394 Å². The Balaban J connectivity index is 0.000000299. The first-order chi connectivity index (χ1) is 31.6. The minimum absolute atomic E-state index is 0.00838. The van der Waals surface area contributed by atoms with Gasteiger partial charge in [-0.1, -0.05) is 91.0 Å².